The van der Waals surface area contributed by atoms with Crippen molar-refractivity contribution in [2.45, 2.75) is 12.7 Å². The highest BCUT2D eigenvalue weighted by atomic mass is 79.9. The molecule has 2 aromatic carbocycles. The molecule has 0 saturated carbocycles. The van der Waals surface area contributed by atoms with Crippen molar-refractivity contribution < 1.29 is 14.3 Å². The summed E-state index contributed by atoms with van der Waals surface area (Å²) in [6.45, 7) is 1.35. The molecule has 0 unspecified atom stereocenters. The summed E-state index contributed by atoms with van der Waals surface area (Å²) in [5.74, 6) is 0.795. The standard InChI is InChI=1S/C19H14BrNO3S2/c1-12(22)24-15-7-8-16(20)14(9-15)10-17-18(23)26-19(21-17)25-11-13-5-3-2-4-6-13/h2-10H,11H2,1H3/b17-10+. The van der Waals surface area contributed by atoms with Gasteiger partial charge in [0.05, 0.1) is 0 Å². The maximum Gasteiger partial charge on any atom is 0.308 e. The highest BCUT2D eigenvalue weighted by Gasteiger charge is 2.22. The maximum atomic E-state index is 12.2. The van der Waals surface area contributed by atoms with Gasteiger partial charge in [-0.2, -0.15) is 0 Å². The van der Waals surface area contributed by atoms with Gasteiger partial charge >= 0.3 is 5.97 Å². The summed E-state index contributed by atoms with van der Waals surface area (Å²) in [5.41, 5.74) is 2.29. The van der Waals surface area contributed by atoms with E-state index < -0.39 is 5.97 Å². The Hall–Kier alpha value is -1.83. The van der Waals surface area contributed by atoms with Crippen LogP contribution >= 0.6 is 39.5 Å². The van der Waals surface area contributed by atoms with Gasteiger partial charge in [0.25, 0.3) is 0 Å². The fraction of sp³-hybridized carbons (Fsp3) is 0.105. The van der Waals surface area contributed by atoms with Gasteiger partial charge in [-0.15, -0.1) is 0 Å². The number of thioether (sulfide) groups is 2. The second-order valence-corrected chi connectivity index (χ2v) is 8.39. The molecule has 0 atom stereocenters. The molecule has 132 valence electrons. The third-order valence-electron chi connectivity index (χ3n) is 3.33. The molecule has 0 aromatic heterocycles. The zero-order valence-electron chi connectivity index (χ0n) is 13.8. The second kappa shape index (κ2) is 8.70. The Bertz CT molecular complexity index is 910. The summed E-state index contributed by atoms with van der Waals surface area (Å²) in [4.78, 5) is 27.8. The lowest BCUT2D eigenvalue weighted by Crippen LogP contribution is -2.01. The Morgan fingerprint density at radius 1 is 1.27 bits per heavy atom. The molecule has 4 nitrogen and oxygen atoms in total. The van der Waals surface area contributed by atoms with Gasteiger partial charge in [-0.1, -0.05) is 58.0 Å². The normalized spacial score (nSPS) is 15.2. The van der Waals surface area contributed by atoms with Crippen LogP contribution in [-0.4, -0.2) is 15.5 Å². The number of rotatable bonds is 4. The summed E-state index contributed by atoms with van der Waals surface area (Å²) in [6, 6.07) is 15.2. The van der Waals surface area contributed by atoms with Crippen LogP contribution in [0.4, 0.5) is 0 Å². The lowest BCUT2D eigenvalue weighted by Gasteiger charge is -2.04. The van der Waals surface area contributed by atoms with Crippen molar-refractivity contribution >= 4 is 61.0 Å². The number of halogens is 1. The van der Waals surface area contributed by atoms with Gasteiger partial charge in [0.1, 0.15) is 15.8 Å². The first-order valence-electron chi connectivity index (χ1n) is 7.68. The molecule has 3 rings (SSSR count). The first kappa shape index (κ1) is 18.9. The van der Waals surface area contributed by atoms with Crippen LogP contribution in [0.2, 0.25) is 0 Å². The minimum atomic E-state index is -0.393. The number of ether oxygens (including phenoxy) is 1. The van der Waals surface area contributed by atoms with Crippen LogP contribution in [0.15, 0.2) is 63.7 Å². The molecule has 0 bridgehead atoms. The number of esters is 1. The summed E-state index contributed by atoms with van der Waals surface area (Å²) in [6.07, 6.45) is 1.70. The average molecular weight is 448 g/mol. The van der Waals surface area contributed by atoms with Gasteiger partial charge in [0, 0.05) is 17.1 Å². The highest BCUT2D eigenvalue weighted by Crippen LogP contribution is 2.34. The Balaban J connectivity index is 1.76. The van der Waals surface area contributed by atoms with E-state index in [4.69, 9.17) is 4.74 Å². The van der Waals surface area contributed by atoms with Crippen LogP contribution in [-0.2, 0) is 15.3 Å². The third kappa shape index (κ3) is 5.09. The first-order valence-corrected chi connectivity index (χ1v) is 10.3. The van der Waals surface area contributed by atoms with E-state index >= 15 is 0 Å². The molecule has 1 heterocycles. The molecule has 26 heavy (non-hydrogen) atoms. The van der Waals surface area contributed by atoms with Gasteiger partial charge in [0.15, 0.2) is 0 Å². The largest absolute Gasteiger partial charge is 0.427 e. The molecule has 1 aliphatic heterocycles. The van der Waals surface area contributed by atoms with Crippen LogP contribution in [0.3, 0.4) is 0 Å². The molecule has 0 aliphatic carbocycles. The number of carbonyl (C=O) groups excluding carboxylic acids is 2. The molecular weight excluding hydrogens is 434 g/mol. The molecule has 0 amide bonds. The maximum absolute atomic E-state index is 12.2. The minimum absolute atomic E-state index is 0.0923. The van der Waals surface area contributed by atoms with E-state index in [-0.39, 0.29) is 5.12 Å². The topological polar surface area (TPSA) is 55.7 Å². The van der Waals surface area contributed by atoms with Crippen LogP contribution < -0.4 is 4.74 Å². The van der Waals surface area contributed by atoms with E-state index in [0.29, 0.717) is 11.4 Å². The van der Waals surface area contributed by atoms with Crippen molar-refractivity contribution in [2.75, 3.05) is 0 Å². The number of benzene rings is 2. The monoisotopic (exact) mass is 447 g/mol. The predicted molar refractivity (Wildman–Crippen MR) is 111 cm³/mol. The fourth-order valence-electron chi connectivity index (χ4n) is 2.18. The lowest BCUT2D eigenvalue weighted by molar-refractivity contribution is -0.131. The first-order chi connectivity index (χ1) is 12.5. The van der Waals surface area contributed by atoms with Crippen LogP contribution in [0, 0.1) is 0 Å². The third-order valence-corrected chi connectivity index (χ3v) is 6.13. The van der Waals surface area contributed by atoms with Crippen LogP contribution in [0.1, 0.15) is 18.1 Å². The summed E-state index contributed by atoms with van der Waals surface area (Å²) >= 11 is 6.12. The molecule has 0 radical (unpaired) electrons. The van der Waals surface area contributed by atoms with Crippen molar-refractivity contribution in [1.29, 1.82) is 0 Å². The Kier molecular flexibility index (Phi) is 6.34. The molecular formula is C19H14BrNO3S2. The Labute approximate surface area is 168 Å². The van der Waals surface area contributed by atoms with Crippen LogP contribution in [0.5, 0.6) is 5.75 Å². The fourth-order valence-corrected chi connectivity index (χ4v) is 4.34. The molecule has 1 aliphatic rings. The van der Waals surface area contributed by atoms with Crippen molar-refractivity contribution in [3.05, 3.63) is 69.8 Å². The Morgan fingerprint density at radius 2 is 2.04 bits per heavy atom. The van der Waals surface area contributed by atoms with Gasteiger partial charge in [0.2, 0.25) is 5.12 Å². The second-order valence-electron chi connectivity index (χ2n) is 5.35. The van der Waals surface area contributed by atoms with Crippen molar-refractivity contribution in [1.82, 2.24) is 0 Å². The number of aliphatic imine (C=N–C) groups is 1. The minimum Gasteiger partial charge on any atom is -0.427 e. The van der Waals surface area contributed by atoms with E-state index in [0.717, 1.165) is 31.9 Å². The number of hydrogen-bond acceptors (Lipinski definition) is 6. The van der Waals surface area contributed by atoms with Gasteiger partial charge in [-0.05, 0) is 47.2 Å². The molecule has 7 heteroatoms. The molecule has 2 aromatic rings. The van der Waals surface area contributed by atoms with Gasteiger partial charge in [-0.3, -0.25) is 9.59 Å². The molecule has 0 N–H and O–H groups in total. The summed E-state index contributed by atoms with van der Waals surface area (Å²) < 4.78 is 6.62. The average Bonchev–Trinajstić information content (AvgIpc) is 2.96. The summed E-state index contributed by atoms with van der Waals surface area (Å²) in [5, 5.41) is -0.0923. The zero-order chi connectivity index (χ0) is 18.5. The van der Waals surface area contributed by atoms with E-state index in [9.17, 15) is 9.59 Å². The quantitative estimate of drug-likeness (QED) is 0.362. The van der Waals surface area contributed by atoms with Crippen LogP contribution in [0.25, 0.3) is 6.08 Å². The smallest absolute Gasteiger partial charge is 0.308 e. The summed E-state index contributed by atoms with van der Waals surface area (Å²) in [7, 11) is 0. The van der Waals surface area contributed by atoms with E-state index in [1.54, 1.807) is 36.0 Å². The van der Waals surface area contributed by atoms with E-state index in [1.807, 2.05) is 30.3 Å². The van der Waals surface area contributed by atoms with Gasteiger partial charge < -0.3 is 4.74 Å². The molecule has 0 fully saturated rings. The van der Waals surface area contributed by atoms with Crippen molar-refractivity contribution in [3.8, 4) is 5.75 Å². The van der Waals surface area contributed by atoms with Crippen molar-refractivity contribution in [2.24, 2.45) is 4.99 Å². The van der Waals surface area contributed by atoms with E-state index in [2.05, 4.69) is 20.9 Å². The number of hydrogen-bond donors (Lipinski definition) is 0. The highest BCUT2D eigenvalue weighted by molar-refractivity contribution is 9.10. The van der Waals surface area contributed by atoms with Crippen molar-refractivity contribution in [3.63, 3.8) is 0 Å². The van der Waals surface area contributed by atoms with Gasteiger partial charge in [-0.25, -0.2) is 4.99 Å². The predicted octanol–water partition coefficient (Wildman–Crippen LogP) is 5.28. The lowest BCUT2D eigenvalue weighted by atomic mass is 10.2. The van der Waals surface area contributed by atoms with E-state index in [1.165, 1.54) is 12.5 Å². The zero-order valence-corrected chi connectivity index (χ0v) is 17.0. The number of nitrogens with zero attached hydrogens (tertiary/aromatic N) is 1. The SMILES string of the molecule is CC(=O)Oc1ccc(Br)c(/C=C2/N=C(SCc3ccccc3)SC2=O)c1. The Morgan fingerprint density at radius 3 is 2.77 bits per heavy atom. The molecule has 0 spiro atoms. The molecule has 0 saturated heterocycles. The number of carbonyl (C=O) groups is 2.